The van der Waals surface area contributed by atoms with E-state index < -0.39 is 0 Å². The lowest BCUT2D eigenvalue weighted by atomic mass is 10.1. The van der Waals surface area contributed by atoms with E-state index >= 15 is 0 Å². The summed E-state index contributed by atoms with van der Waals surface area (Å²) < 4.78 is 6.07. The lowest BCUT2D eigenvalue weighted by molar-refractivity contribution is 0.147. The summed E-state index contributed by atoms with van der Waals surface area (Å²) in [5, 5.41) is 0.646. The molecule has 0 unspecified atom stereocenters. The van der Waals surface area contributed by atoms with Crippen molar-refractivity contribution in [2.24, 2.45) is 4.99 Å². The molecule has 0 atom stereocenters. The van der Waals surface area contributed by atoms with E-state index in [0.29, 0.717) is 28.7 Å². The topological polar surface area (TPSA) is 24.8 Å². The van der Waals surface area contributed by atoms with Gasteiger partial charge in [-0.05, 0) is 66.3 Å². The Bertz CT molecular complexity index is 595. The fourth-order valence-corrected chi connectivity index (χ4v) is 2.75. The van der Waals surface area contributed by atoms with Crippen LogP contribution in [-0.4, -0.2) is 23.2 Å². The van der Waals surface area contributed by atoms with Crippen molar-refractivity contribution in [3.8, 4) is 5.75 Å². The van der Waals surface area contributed by atoms with Crippen LogP contribution in [0, 0.1) is 0 Å². The Hall–Kier alpha value is -1.74. The molecule has 1 aromatic carbocycles. The highest BCUT2D eigenvalue weighted by atomic mass is 35.5. The van der Waals surface area contributed by atoms with E-state index in [1.165, 1.54) is 0 Å². The number of allylic oxidation sites excluding steroid dienone is 1. The maximum atomic E-state index is 6.15. The van der Waals surface area contributed by atoms with Gasteiger partial charge < -0.3 is 9.64 Å². The van der Waals surface area contributed by atoms with Crippen molar-refractivity contribution in [1.29, 1.82) is 0 Å². The molecule has 126 valence electrons. The number of halogens is 1. The Labute approximate surface area is 145 Å². The Balaban J connectivity index is 3.21. The predicted molar refractivity (Wildman–Crippen MR) is 101 cm³/mol. The van der Waals surface area contributed by atoms with E-state index in [1.807, 2.05) is 38.1 Å². The highest BCUT2D eigenvalue weighted by Crippen LogP contribution is 2.32. The molecule has 0 aromatic heterocycles. The molecule has 0 bridgehead atoms. The zero-order chi connectivity index (χ0) is 17.6. The molecule has 0 spiro atoms. The van der Waals surface area contributed by atoms with Crippen LogP contribution in [0.2, 0.25) is 5.02 Å². The van der Waals surface area contributed by atoms with Gasteiger partial charge in [-0.2, -0.15) is 0 Å². The summed E-state index contributed by atoms with van der Waals surface area (Å²) >= 11 is 6.15. The molecule has 0 heterocycles. The van der Waals surface area contributed by atoms with Crippen LogP contribution in [0.1, 0.15) is 47.1 Å². The average Bonchev–Trinajstić information content (AvgIpc) is 2.46. The maximum absolute atomic E-state index is 6.15. The first-order valence-corrected chi connectivity index (χ1v) is 8.29. The van der Waals surface area contributed by atoms with Gasteiger partial charge in [0, 0.05) is 28.9 Å². The third-order valence-electron chi connectivity index (χ3n) is 3.39. The maximum Gasteiger partial charge on any atom is 0.189 e. The van der Waals surface area contributed by atoms with Crippen molar-refractivity contribution >= 4 is 23.5 Å². The first-order chi connectivity index (χ1) is 10.8. The molecule has 1 rings (SSSR count). The monoisotopic (exact) mass is 334 g/mol. The van der Waals surface area contributed by atoms with E-state index in [1.54, 1.807) is 6.21 Å². The number of aliphatic imine (C=N–C) groups is 1. The fourth-order valence-electron chi connectivity index (χ4n) is 2.58. The van der Waals surface area contributed by atoms with Gasteiger partial charge in [0.15, 0.2) is 5.88 Å². The van der Waals surface area contributed by atoms with E-state index in [4.69, 9.17) is 16.3 Å². The van der Waals surface area contributed by atoms with E-state index in [9.17, 15) is 0 Å². The molecule has 0 aliphatic carbocycles. The second-order valence-corrected chi connectivity index (χ2v) is 6.23. The molecule has 3 nitrogen and oxygen atoms in total. The number of hydrogen-bond donors (Lipinski definition) is 0. The number of nitrogens with zero attached hydrogens (tertiary/aromatic N) is 2. The minimum absolute atomic E-state index is 0.299. The molecule has 0 saturated carbocycles. The first-order valence-electron chi connectivity index (χ1n) is 7.91. The van der Waals surface area contributed by atoms with Gasteiger partial charge in [-0.3, -0.25) is 4.99 Å². The standard InChI is InChI=1S/C19H27ClN2O/c1-8-18(21-9-2)17-12-16(20)10-11-19(17)23-15(7)22(13(3)4)14(5)6/h8-14H,7H2,1-6H3/b18-8-,21-9?. The normalized spacial score (nSPS) is 12.3. The molecule has 0 aliphatic heterocycles. The van der Waals surface area contributed by atoms with E-state index in [2.05, 4.69) is 44.2 Å². The van der Waals surface area contributed by atoms with Gasteiger partial charge in [0.05, 0.1) is 5.70 Å². The van der Waals surface area contributed by atoms with Crippen molar-refractivity contribution in [3.63, 3.8) is 0 Å². The molecular formula is C19H27ClN2O. The van der Waals surface area contributed by atoms with Crippen LogP contribution in [0.3, 0.4) is 0 Å². The van der Waals surface area contributed by atoms with Crippen molar-refractivity contribution in [2.75, 3.05) is 0 Å². The number of rotatable bonds is 7. The summed E-state index contributed by atoms with van der Waals surface area (Å²) in [5.41, 5.74) is 1.67. The summed E-state index contributed by atoms with van der Waals surface area (Å²) in [7, 11) is 0. The van der Waals surface area contributed by atoms with Crippen LogP contribution in [0.4, 0.5) is 0 Å². The van der Waals surface area contributed by atoms with Crippen LogP contribution < -0.4 is 4.74 Å². The van der Waals surface area contributed by atoms with Crippen molar-refractivity contribution in [2.45, 2.75) is 53.6 Å². The van der Waals surface area contributed by atoms with Crippen molar-refractivity contribution < 1.29 is 4.74 Å². The first kappa shape index (κ1) is 19.3. The second-order valence-electron chi connectivity index (χ2n) is 5.79. The highest BCUT2D eigenvalue weighted by Gasteiger charge is 2.18. The Kier molecular flexibility index (Phi) is 7.37. The summed E-state index contributed by atoms with van der Waals surface area (Å²) in [6.07, 6.45) is 3.69. The summed E-state index contributed by atoms with van der Waals surface area (Å²) in [6.45, 7) is 16.4. The molecule has 0 radical (unpaired) electrons. The average molecular weight is 335 g/mol. The molecule has 0 saturated heterocycles. The van der Waals surface area contributed by atoms with Gasteiger partial charge in [-0.1, -0.05) is 17.7 Å². The molecule has 23 heavy (non-hydrogen) atoms. The second kappa shape index (κ2) is 8.78. The van der Waals surface area contributed by atoms with Crippen molar-refractivity contribution in [3.05, 3.63) is 47.3 Å². The van der Waals surface area contributed by atoms with Gasteiger partial charge in [0.1, 0.15) is 5.75 Å². The number of hydrogen-bond acceptors (Lipinski definition) is 3. The van der Waals surface area contributed by atoms with Crippen LogP contribution in [0.15, 0.2) is 41.7 Å². The molecule has 1 aromatic rings. The molecule has 0 fully saturated rings. The quantitative estimate of drug-likeness (QED) is 0.467. The molecule has 4 heteroatoms. The Morgan fingerprint density at radius 3 is 2.30 bits per heavy atom. The lowest BCUT2D eigenvalue weighted by Crippen LogP contribution is -2.37. The SMILES string of the molecule is C=C(Oc1ccc(Cl)cc1/C(=C/C)N=CC)N(C(C)C)C(C)C. The van der Waals surface area contributed by atoms with Crippen LogP contribution in [0.25, 0.3) is 5.70 Å². The van der Waals surface area contributed by atoms with E-state index in [0.717, 1.165) is 11.3 Å². The van der Waals surface area contributed by atoms with Gasteiger partial charge in [-0.25, -0.2) is 0 Å². The Morgan fingerprint density at radius 2 is 1.83 bits per heavy atom. The predicted octanol–water partition coefficient (Wildman–Crippen LogP) is 5.76. The van der Waals surface area contributed by atoms with Crippen LogP contribution >= 0.6 is 11.6 Å². The molecule has 0 aliphatic rings. The van der Waals surface area contributed by atoms with Gasteiger partial charge in [0.25, 0.3) is 0 Å². The number of ether oxygens (including phenoxy) is 1. The minimum atomic E-state index is 0.299. The fraction of sp³-hybridized carbons (Fsp3) is 0.421. The minimum Gasteiger partial charge on any atom is -0.441 e. The Morgan fingerprint density at radius 1 is 1.22 bits per heavy atom. The molecule has 0 N–H and O–H groups in total. The smallest absolute Gasteiger partial charge is 0.189 e. The van der Waals surface area contributed by atoms with Gasteiger partial charge in [0.2, 0.25) is 0 Å². The lowest BCUT2D eigenvalue weighted by Gasteiger charge is -2.33. The summed E-state index contributed by atoms with van der Waals surface area (Å²) in [4.78, 5) is 6.53. The van der Waals surface area contributed by atoms with E-state index in [-0.39, 0.29) is 0 Å². The van der Waals surface area contributed by atoms with Crippen molar-refractivity contribution in [1.82, 2.24) is 4.90 Å². The highest BCUT2D eigenvalue weighted by molar-refractivity contribution is 6.30. The zero-order valence-electron chi connectivity index (χ0n) is 14.9. The third kappa shape index (κ3) is 5.14. The molecule has 0 amide bonds. The van der Waals surface area contributed by atoms with Gasteiger partial charge in [-0.15, -0.1) is 0 Å². The van der Waals surface area contributed by atoms with Crippen LogP contribution in [0.5, 0.6) is 5.75 Å². The largest absolute Gasteiger partial charge is 0.441 e. The van der Waals surface area contributed by atoms with Gasteiger partial charge >= 0.3 is 0 Å². The van der Waals surface area contributed by atoms with Crippen LogP contribution in [-0.2, 0) is 0 Å². The number of benzene rings is 1. The zero-order valence-corrected chi connectivity index (χ0v) is 15.7. The summed E-state index contributed by atoms with van der Waals surface area (Å²) in [5.74, 6) is 1.32. The molecular weight excluding hydrogens is 308 g/mol. The third-order valence-corrected chi connectivity index (χ3v) is 3.62. The summed E-state index contributed by atoms with van der Waals surface area (Å²) in [6, 6.07) is 6.13.